The minimum atomic E-state index is -3.22. The van der Waals surface area contributed by atoms with Gasteiger partial charge in [0.05, 0.1) is 11.8 Å². The number of benzene rings is 1. The summed E-state index contributed by atoms with van der Waals surface area (Å²) < 4.78 is 24.8. The topological polar surface area (TPSA) is 82.3 Å². The Morgan fingerprint density at radius 1 is 1.35 bits per heavy atom. The van der Waals surface area contributed by atoms with E-state index >= 15 is 0 Å². The molecule has 1 fully saturated rings. The molecule has 2 heterocycles. The number of hydrogen-bond donors (Lipinski definition) is 2. The van der Waals surface area contributed by atoms with Crippen LogP contribution in [0.25, 0.3) is 10.9 Å². The Bertz CT molecular complexity index is 841. The molecular formula is C16H21N3O3S. The molecule has 0 bridgehead atoms. The first-order chi connectivity index (χ1) is 10.9. The number of sulfonamides is 1. The fraction of sp³-hybridized carbons (Fsp3) is 0.438. The molecule has 1 aliphatic rings. The van der Waals surface area contributed by atoms with Crippen LogP contribution in [0.1, 0.15) is 28.9 Å². The zero-order valence-electron chi connectivity index (χ0n) is 13.3. The summed E-state index contributed by atoms with van der Waals surface area (Å²) in [6.45, 7) is 2.74. The summed E-state index contributed by atoms with van der Waals surface area (Å²) in [6.07, 6.45) is 2.76. The summed E-state index contributed by atoms with van der Waals surface area (Å²) >= 11 is 0. The number of para-hydroxylation sites is 1. The van der Waals surface area contributed by atoms with Crippen molar-refractivity contribution in [3.05, 3.63) is 35.5 Å². The highest BCUT2D eigenvalue weighted by molar-refractivity contribution is 7.88. The predicted octanol–water partition coefficient (Wildman–Crippen LogP) is 1.63. The largest absolute Gasteiger partial charge is 0.358 e. The number of H-pyrrole nitrogens is 1. The minimum absolute atomic E-state index is 0.152. The lowest BCUT2D eigenvalue weighted by Crippen LogP contribution is -2.49. The summed E-state index contributed by atoms with van der Waals surface area (Å²) in [5.41, 5.74) is 2.38. The average molecular weight is 335 g/mol. The fourth-order valence-electron chi connectivity index (χ4n) is 3.19. The number of amides is 1. The van der Waals surface area contributed by atoms with Gasteiger partial charge in [0.2, 0.25) is 10.0 Å². The first-order valence-electron chi connectivity index (χ1n) is 7.69. The van der Waals surface area contributed by atoms with E-state index in [9.17, 15) is 13.2 Å². The lowest BCUT2D eigenvalue weighted by molar-refractivity contribution is 0.0922. The third kappa shape index (κ3) is 3.25. The molecule has 1 aromatic carbocycles. The van der Waals surface area contributed by atoms with Crippen molar-refractivity contribution in [3.63, 3.8) is 0 Å². The smallest absolute Gasteiger partial charge is 0.253 e. The van der Waals surface area contributed by atoms with Gasteiger partial charge in [-0.25, -0.2) is 12.7 Å². The molecule has 3 rings (SSSR count). The van der Waals surface area contributed by atoms with Gasteiger partial charge in [-0.1, -0.05) is 18.2 Å². The van der Waals surface area contributed by atoms with E-state index in [1.165, 1.54) is 10.6 Å². The van der Waals surface area contributed by atoms with Crippen molar-refractivity contribution >= 4 is 26.8 Å². The van der Waals surface area contributed by atoms with E-state index in [1.807, 2.05) is 31.2 Å². The van der Waals surface area contributed by atoms with Crippen molar-refractivity contribution in [2.45, 2.75) is 25.8 Å². The van der Waals surface area contributed by atoms with Gasteiger partial charge in [0.25, 0.3) is 5.91 Å². The van der Waals surface area contributed by atoms with Gasteiger partial charge in [0.1, 0.15) is 0 Å². The maximum absolute atomic E-state index is 12.7. The molecule has 2 N–H and O–H groups in total. The summed E-state index contributed by atoms with van der Waals surface area (Å²) in [6, 6.07) is 7.52. The zero-order valence-corrected chi connectivity index (χ0v) is 14.1. The van der Waals surface area contributed by atoms with Crippen LogP contribution in [-0.4, -0.2) is 49.0 Å². The lowest BCUT2D eigenvalue weighted by atomic mass is 10.1. The van der Waals surface area contributed by atoms with Gasteiger partial charge in [0.15, 0.2) is 0 Å². The number of fused-ring (bicyclic) bond motifs is 1. The van der Waals surface area contributed by atoms with Crippen molar-refractivity contribution < 1.29 is 13.2 Å². The SMILES string of the molecule is Cc1[nH]c2ccccc2c1C(=O)NC1CCCN(S(C)(=O)=O)C1. The molecule has 1 amide bonds. The number of carbonyl (C=O) groups excluding carboxylic acids is 1. The van der Waals surface area contributed by atoms with Gasteiger partial charge in [-0.3, -0.25) is 4.79 Å². The minimum Gasteiger partial charge on any atom is -0.358 e. The van der Waals surface area contributed by atoms with Crippen LogP contribution in [0.2, 0.25) is 0 Å². The normalized spacial score (nSPS) is 19.8. The van der Waals surface area contributed by atoms with Gasteiger partial charge in [0, 0.05) is 35.7 Å². The highest BCUT2D eigenvalue weighted by Crippen LogP contribution is 2.22. The molecule has 0 spiro atoms. The van der Waals surface area contributed by atoms with Gasteiger partial charge >= 0.3 is 0 Å². The van der Waals surface area contributed by atoms with E-state index < -0.39 is 10.0 Å². The van der Waals surface area contributed by atoms with Crippen LogP contribution in [0.3, 0.4) is 0 Å². The van der Waals surface area contributed by atoms with Crippen LogP contribution >= 0.6 is 0 Å². The van der Waals surface area contributed by atoms with E-state index in [2.05, 4.69) is 10.3 Å². The molecule has 1 atom stereocenters. The van der Waals surface area contributed by atoms with Crippen molar-refractivity contribution in [1.82, 2.24) is 14.6 Å². The maximum atomic E-state index is 12.7. The fourth-order valence-corrected chi connectivity index (χ4v) is 4.10. The molecule has 0 aliphatic carbocycles. The Hall–Kier alpha value is -1.86. The molecule has 2 aromatic rings. The Morgan fingerprint density at radius 3 is 2.83 bits per heavy atom. The van der Waals surface area contributed by atoms with Gasteiger partial charge < -0.3 is 10.3 Å². The summed E-state index contributed by atoms with van der Waals surface area (Å²) in [5.74, 6) is -0.152. The van der Waals surface area contributed by atoms with E-state index in [-0.39, 0.29) is 11.9 Å². The third-order valence-corrected chi connectivity index (χ3v) is 5.58. The second-order valence-electron chi connectivity index (χ2n) is 6.10. The molecular weight excluding hydrogens is 314 g/mol. The molecule has 6 nitrogen and oxygen atoms in total. The van der Waals surface area contributed by atoms with Crippen LogP contribution in [-0.2, 0) is 10.0 Å². The molecule has 0 saturated carbocycles. The van der Waals surface area contributed by atoms with E-state index in [4.69, 9.17) is 0 Å². The van der Waals surface area contributed by atoms with Crippen LogP contribution in [0.4, 0.5) is 0 Å². The summed E-state index contributed by atoms with van der Waals surface area (Å²) in [7, 11) is -3.22. The van der Waals surface area contributed by atoms with Crippen LogP contribution < -0.4 is 5.32 Å². The molecule has 7 heteroatoms. The molecule has 1 aliphatic heterocycles. The van der Waals surface area contributed by atoms with Gasteiger partial charge in [-0.2, -0.15) is 0 Å². The first-order valence-corrected chi connectivity index (χ1v) is 9.54. The molecule has 23 heavy (non-hydrogen) atoms. The monoisotopic (exact) mass is 335 g/mol. The number of rotatable bonds is 3. The number of aromatic amines is 1. The number of carbonyl (C=O) groups is 1. The van der Waals surface area contributed by atoms with Crippen LogP contribution in [0, 0.1) is 6.92 Å². The standard InChI is InChI=1S/C16H21N3O3S/c1-11-15(13-7-3-4-8-14(13)17-11)16(20)18-12-6-5-9-19(10-12)23(2,21)22/h3-4,7-8,12,17H,5-6,9-10H2,1-2H3,(H,18,20). The highest BCUT2D eigenvalue weighted by Gasteiger charge is 2.28. The van der Waals surface area contributed by atoms with Crippen molar-refractivity contribution in [3.8, 4) is 0 Å². The first kappa shape index (κ1) is 16.0. The van der Waals surface area contributed by atoms with E-state index in [0.29, 0.717) is 18.7 Å². The molecule has 124 valence electrons. The highest BCUT2D eigenvalue weighted by atomic mass is 32.2. The predicted molar refractivity (Wildman–Crippen MR) is 89.9 cm³/mol. The van der Waals surface area contributed by atoms with Crippen molar-refractivity contribution in [2.24, 2.45) is 0 Å². The average Bonchev–Trinajstić information content (AvgIpc) is 2.82. The van der Waals surface area contributed by atoms with Gasteiger partial charge in [-0.05, 0) is 25.8 Å². The summed E-state index contributed by atoms with van der Waals surface area (Å²) in [4.78, 5) is 15.9. The van der Waals surface area contributed by atoms with Gasteiger partial charge in [-0.15, -0.1) is 0 Å². The third-order valence-electron chi connectivity index (χ3n) is 4.31. The molecule has 1 saturated heterocycles. The Kier molecular flexibility index (Phi) is 4.16. The summed E-state index contributed by atoms with van der Waals surface area (Å²) in [5, 5.41) is 3.88. The van der Waals surface area contributed by atoms with E-state index in [1.54, 1.807) is 0 Å². The molecule has 1 unspecified atom stereocenters. The number of aromatic nitrogens is 1. The lowest BCUT2D eigenvalue weighted by Gasteiger charge is -2.31. The van der Waals surface area contributed by atoms with Crippen LogP contribution in [0.5, 0.6) is 0 Å². The van der Waals surface area contributed by atoms with Crippen LogP contribution in [0.15, 0.2) is 24.3 Å². The number of nitrogens with zero attached hydrogens (tertiary/aromatic N) is 1. The quantitative estimate of drug-likeness (QED) is 0.894. The Morgan fingerprint density at radius 2 is 2.09 bits per heavy atom. The zero-order chi connectivity index (χ0) is 16.6. The second kappa shape index (κ2) is 5.98. The maximum Gasteiger partial charge on any atom is 0.253 e. The Labute approximate surface area is 135 Å². The number of aryl methyl sites for hydroxylation is 1. The number of nitrogens with one attached hydrogen (secondary N) is 2. The second-order valence-corrected chi connectivity index (χ2v) is 8.09. The number of hydrogen-bond acceptors (Lipinski definition) is 3. The molecule has 1 aromatic heterocycles. The Balaban J connectivity index is 1.80. The van der Waals surface area contributed by atoms with E-state index in [0.717, 1.165) is 29.4 Å². The van der Waals surface area contributed by atoms with Crippen molar-refractivity contribution in [1.29, 1.82) is 0 Å². The molecule has 0 radical (unpaired) electrons. The van der Waals surface area contributed by atoms with Crippen molar-refractivity contribution in [2.75, 3.05) is 19.3 Å². The number of piperidine rings is 1.